The molecule has 0 atom stereocenters. The lowest BCUT2D eigenvalue weighted by molar-refractivity contribution is -0.348. The van der Waals surface area contributed by atoms with E-state index >= 15 is 0 Å². The Bertz CT molecular complexity index is 1320. The lowest BCUT2D eigenvalue weighted by Crippen LogP contribution is -2.50. The van der Waals surface area contributed by atoms with Crippen LogP contribution >= 0.6 is 39.1 Å². The summed E-state index contributed by atoms with van der Waals surface area (Å²) in [6.07, 6.45) is -10.7. The van der Waals surface area contributed by atoms with Gasteiger partial charge in [0.2, 0.25) is 0 Å². The van der Waals surface area contributed by atoms with Crippen LogP contribution in [-0.4, -0.2) is 41.7 Å². The van der Waals surface area contributed by atoms with Crippen LogP contribution in [0.15, 0.2) is 59.2 Å². The van der Waals surface area contributed by atoms with E-state index in [1.807, 2.05) is 0 Å². The lowest BCUT2D eigenvalue weighted by atomic mass is 9.93. The number of carbonyl (C=O) groups excluding carboxylic acids is 1. The lowest BCUT2D eigenvalue weighted by Gasteiger charge is -2.30. The predicted molar refractivity (Wildman–Crippen MR) is 138 cm³/mol. The van der Waals surface area contributed by atoms with Crippen molar-refractivity contribution < 1.29 is 35.5 Å². The Hall–Kier alpha value is -2.57. The molecule has 0 saturated carbocycles. The molecule has 210 valence electrons. The van der Waals surface area contributed by atoms with E-state index in [9.17, 15) is 35.5 Å². The van der Waals surface area contributed by atoms with Crippen LogP contribution in [0.1, 0.15) is 27.0 Å². The molecule has 0 spiro atoms. The Morgan fingerprint density at radius 2 is 1.51 bits per heavy atom. The maximum absolute atomic E-state index is 14.4. The van der Waals surface area contributed by atoms with E-state index in [1.54, 1.807) is 25.2 Å². The van der Waals surface area contributed by atoms with Crippen LogP contribution in [0.25, 0.3) is 0 Å². The third-order valence-electron chi connectivity index (χ3n) is 5.77. The molecule has 1 amide bonds. The summed E-state index contributed by atoms with van der Waals surface area (Å²) in [5, 5.41) is 3.42. The van der Waals surface area contributed by atoms with Crippen molar-refractivity contribution in [2.24, 2.45) is 0 Å². The summed E-state index contributed by atoms with van der Waals surface area (Å²) in [6.45, 7) is -0.139. The van der Waals surface area contributed by atoms with Gasteiger partial charge in [-0.25, -0.2) is 9.37 Å². The number of pyridine rings is 1. The molecular weight excluding hydrogens is 642 g/mol. The minimum Gasteiger partial charge on any atom is -0.372 e. The highest BCUT2D eigenvalue weighted by atomic mass is 79.9. The molecule has 0 bridgehead atoms. The number of anilines is 1. The average molecular weight is 661 g/mol. The minimum atomic E-state index is -6.23. The molecule has 0 aliphatic rings. The molecule has 1 heterocycles. The van der Waals surface area contributed by atoms with Crippen LogP contribution in [0, 0.1) is 0 Å². The van der Waals surface area contributed by atoms with Crippen molar-refractivity contribution in [3.8, 4) is 0 Å². The van der Waals surface area contributed by atoms with Crippen molar-refractivity contribution in [2.75, 3.05) is 18.9 Å². The molecule has 4 nitrogen and oxygen atoms in total. The summed E-state index contributed by atoms with van der Waals surface area (Å²) in [5.41, 5.74) is -6.12. The van der Waals surface area contributed by atoms with E-state index < -0.39 is 29.5 Å². The summed E-state index contributed by atoms with van der Waals surface area (Å²) < 4.78 is 93.7. The Kier molecular flexibility index (Phi) is 9.44. The van der Waals surface area contributed by atoms with Gasteiger partial charge in [0.25, 0.3) is 5.91 Å². The third-order valence-corrected chi connectivity index (χ3v) is 6.94. The summed E-state index contributed by atoms with van der Waals surface area (Å²) in [5.74, 6) is -0.279. The Morgan fingerprint density at radius 3 is 2.05 bits per heavy atom. The van der Waals surface area contributed by atoms with Crippen molar-refractivity contribution in [3.63, 3.8) is 0 Å². The van der Waals surface area contributed by atoms with Gasteiger partial charge in [-0.2, -0.15) is 26.3 Å². The number of rotatable bonds is 8. The first-order chi connectivity index (χ1) is 18.1. The summed E-state index contributed by atoms with van der Waals surface area (Å²) in [7, 11) is 1.55. The molecule has 39 heavy (non-hydrogen) atoms. The van der Waals surface area contributed by atoms with Gasteiger partial charge in [0, 0.05) is 36.4 Å². The van der Waals surface area contributed by atoms with Gasteiger partial charge in [0.05, 0.1) is 15.6 Å². The first kappa shape index (κ1) is 31.0. The van der Waals surface area contributed by atoms with Gasteiger partial charge in [-0.15, -0.1) is 0 Å². The third kappa shape index (κ3) is 6.78. The first-order valence-corrected chi connectivity index (χ1v) is 12.6. The maximum atomic E-state index is 14.4. The number of benzene rings is 2. The fourth-order valence-corrected chi connectivity index (χ4v) is 4.38. The quantitative estimate of drug-likeness (QED) is 0.247. The molecule has 0 unspecified atom stereocenters. The largest absolute Gasteiger partial charge is 0.435 e. The monoisotopic (exact) mass is 659 g/mol. The zero-order valence-corrected chi connectivity index (χ0v) is 23.0. The number of nitrogens with zero attached hydrogens (tertiary/aromatic N) is 2. The zero-order valence-electron chi connectivity index (χ0n) is 19.9. The topological polar surface area (TPSA) is 45.2 Å². The van der Waals surface area contributed by atoms with Crippen molar-refractivity contribution in [1.29, 1.82) is 0 Å². The fraction of sp³-hybridized carbons (Fsp3) is 0.280. The molecule has 0 saturated heterocycles. The van der Waals surface area contributed by atoms with Gasteiger partial charge in [-0.1, -0.05) is 53.5 Å². The number of amides is 1. The van der Waals surface area contributed by atoms with E-state index in [4.69, 9.17) is 23.2 Å². The van der Waals surface area contributed by atoms with E-state index in [2.05, 4.69) is 26.2 Å². The predicted octanol–water partition coefficient (Wildman–Crippen LogP) is 8.37. The number of alkyl halides is 7. The molecule has 3 aromatic rings. The molecule has 2 aromatic carbocycles. The van der Waals surface area contributed by atoms with Crippen molar-refractivity contribution in [2.45, 2.75) is 31.0 Å². The summed E-state index contributed by atoms with van der Waals surface area (Å²) >= 11 is 15.3. The van der Waals surface area contributed by atoms with Crippen molar-refractivity contribution in [3.05, 3.63) is 91.5 Å². The highest BCUT2D eigenvalue weighted by Gasteiger charge is 2.73. The van der Waals surface area contributed by atoms with Crippen molar-refractivity contribution >= 4 is 50.9 Å². The van der Waals surface area contributed by atoms with Crippen LogP contribution < -0.4 is 5.32 Å². The summed E-state index contributed by atoms with van der Waals surface area (Å²) in [4.78, 5) is 19.0. The second kappa shape index (κ2) is 11.9. The highest BCUT2D eigenvalue weighted by Crippen LogP contribution is 2.53. The van der Waals surface area contributed by atoms with Gasteiger partial charge in [0.15, 0.2) is 0 Å². The van der Waals surface area contributed by atoms with E-state index in [0.29, 0.717) is 26.7 Å². The zero-order chi connectivity index (χ0) is 29.2. The molecule has 1 N–H and O–H groups in total. The molecule has 0 radical (unpaired) electrons. The van der Waals surface area contributed by atoms with Crippen LogP contribution in [0.5, 0.6) is 0 Å². The Balaban J connectivity index is 1.95. The molecular formula is C25H19BrCl2F7N3O. The maximum Gasteiger partial charge on any atom is 0.435 e. The number of aromatic nitrogens is 1. The number of halogens is 10. The summed E-state index contributed by atoms with van der Waals surface area (Å²) in [6, 6.07) is 9.05. The number of nitrogens with one attached hydrogen (secondary N) is 1. The minimum absolute atomic E-state index is 0.0758. The van der Waals surface area contributed by atoms with Crippen molar-refractivity contribution in [1.82, 2.24) is 9.88 Å². The van der Waals surface area contributed by atoms with Crippen LogP contribution in [0.4, 0.5) is 36.6 Å². The number of carbonyl (C=O) groups is 1. The van der Waals surface area contributed by atoms with Gasteiger partial charge in [-0.3, -0.25) is 4.79 Å². The Morgan fingerprint density at radius 1 is 0.923 bits per heavy atom. The van der Waals surface area contributed by atoms with Crippen LogP contribution in [-0.2, 0) is 18.6 Å². The van der Waals surface area contributed by atoms with Gasteiger partial charge < -0.3 is 10.2 Å². The fourth-order valence-electron chi connectivity index (χ4n) is 3.73. The molecule has 0 fully saturated rings. The SMILES string of the molecule is CNc1ncc(Br)cc1C(=O)N(CCc1ccc(Cl)c(Cl)c1)Cc1ccc(C(F)(C(F)(F)F)C(F)(F)F)cc1. The van der Waals surface area contributed by atoms with E-state index in [-0.39, 0.29) is 36.5 Å². The molecule has 14 heteroatoms. The van der Waals surface area contributed by atoms with Gasteiger partial charge in [-0.05, 0) is 51.7 Å². The smallest absolute Gasteiger partial charge is 0.372 e. The molecule has 1 aromatic heterocycles. The van der Waals surface area contributed by atoms with E-state index in [1.165, 1.54) is 17.2 Å². The Labute approximate surface area is 237 Å². The average Bonchev–Trinajstić information content (AvgIpc) is 2.86. The number of hydrogen-bond donors (Lipinski definition) is 1. The second-order valence-electron chi connectivity index (χ2n) is 8.38. The number of hydrogen-bond acceptors (Lipinski definition) is 3. The first-order valence-electron chi connectivity index (χ1n) is 11.1. The highest BCUT2D eigenvalue weighted by molar-refractivity contribution is 9.10. The normalized spacial score (nSPS) is 12.4. The molecule has 0 aliphatic heterocycles. The standard InChI is InChI=1S/C25H19BrCl2F7N3O/c1-36-21-18(11-17(26)12-37-21)22(39)38(9-8-14-4-7-19(27)20(28)10-14)13-15-2-5-16(6-3-15)23(29,24(30,31)32)25(33,34)35/h2-7,10-12H,8-9,13H2,1H3,(H,36,37). The second-order valence-corrected chi connectivity index (χ2v) is 10.1. The van der Waals surface area contributed by atoms with Gasteiger partial charge in [0.1, 0.15) is 5.82 Å². The van der Waals surface area contributed by atoms with E-state index in [0.717, 1.165) is 17.7 Å². The molecule has 0 aliphatic carbocycles. The van der Waals surface area contributed by atoms with Crippen LogP contribution in [0.2, 0.25) is 10.0 Å². The van der Waals surface area contributed by atoms with Crippen LogP contribution in [0.3, 0.4) is 0 Å². The van der Waals surface area contributed by atoms with Gasteiger partial charge >= 0.3 is 18.0 Å². The molecule has 3 rings (SSSR count).